The van der Waals surface area contributed by atoms with Gasteiger partial charge in [0.25, 0.3) is 0 Å². The molecule has 5 nitrogen and oxygen atoms in total. The third kappa shape index (κ3) is 3.54. The minimum absolute atomic E-state index is 0.00793. The molecule has 0 unspecified atom stereocenters. The minimum Gasteiger partial charge on any atom is -0.539 e. The fourth-order valence-electron chi connectivity index (χ4n) is 1.24. The Morgan fingerprint density at radius 1 is 1.41 bits per heavy atom. The van der Waals surface area contributed by atoms with Gasteiger partial charge in [-0.2, -0.15) is 0 Å². The van der Waals surface area contributed by atoms with E-state index in [1.54, 1.807) is 0 Å². The minimum atomic E-state index is -2.05. The van der Waals surface area contributed by atoms with Gasteiger partial charge in [-0.15, -0.1) is 0 Å². The molecule has 0 N–H and O–H groups in total. The molecule has 17 heavy (non-hydrogen) atoms. The van der Waals surface area contributed by atoms with E-state index in [-0.39, 0.29) is 22.0 Å². The molecule has 0 saturated carbocycles. The highest BCUT2D eigenvalue weighted by Crippen LogP contribution is 2.35. The molecule has 1 rings (SSSR count). The molecule has 0 fully saturated rings. The van der Waals surface area contributed by atoms with E-state index < -0.39 is 13.2 Å². The van der Waals surface area contributed by atoms with Crippen LogP contribution in [0.1, 0.15) is 10.4 Å². The monoisotopic (exact) mass is 273 g/mol. The summed E-state index contributed by atoms with van der Waals surface area (Å²) in [6.45, 7) is 5.62. The molecule has 0 aliphatic rings. The first kappa shape index (κ1) is 13.7. The van der Waals surface area contributed by atoms with Gasteiger partial charge in [0.2, 0.25) is 8.32 Å². The number of aldehydes is 1. The molecule has 0 saturated heterocycles. The van der Waals surface area contributed by atoms with Crippen molar-refractivity contribution in [3.63, 3.8) is 0 Å². The van der Waals surface area contributed by atoms with E-state index in [1.807, 2.05) is 19.6 Å². The summed E-state index contributed by atoms with van der Waals surface area (Å²) in [6, 6.07) is 2.54. The molecule has 0 heterocycles. The third-order valence-corrected chi connectivity index (χ3v) is 2.83. The number of benzene rings is 1. The first-order valence-corrected chi connectivity index (χ1v) is 8.65. The maximum absolute atomic E-state index is 10.9. The Hall–Kier alpha value is -1.40. The molecule has 0 aliphatic heterocycles. The fraction of sp³-hybridized carbons (Fsp3) is 0.300. The average Bonchev–Trinajstić information content (AvgIpc) is 2.17. The van der Waals surface area contributed by atoms with Crippen LogP contribution >= 0.6 is 11.6 Å². The first-order chi connectivity index (χ1) is 7.74. The molecule has 0 amide bonds. The van der Waals surface area contributed by atoms with Gasteiger partial charge in [0, 0.05) is 11.1 Å². The molecule has 0 aliphatic carbocycles. The molecule has 0 radical (unpaired) electrons. The van der Waals surface area contributed by atoms with E-state index in [2.05, 4.69) is 0 Å². The summed E-state index contributed by atoms with van der Waals surface area (Å²) in [5.74, 6) is 0.00793. The molecular weight excluding hydrogens is 262 g/mol. The lowest BCUT2D eigenvalue weighted by Crippen LogP contribution is -2.30. The predicted octanol–water partition coefficient (Wildman–Crippen LogP) is 3.27. The van der Waals surface area contributed by atoms with Crippen LogP contribution < -0.4 is 4.43 Å². The highest BCUT2D eigenvalue weighted by molar-refractivity contribution is 6.70. The predicted molar refractivity (Wildman–Crippen MR) is 67.5 cm³/mol. The molecule has 92 valence electrons. The van der Waals surface area contributed by atoms with Crippen LogP contribution in [-0.4, -0.2) is 19.5 Å². The Labute approximate surface area is 105 Å². The number of carbonyl (C=O) groups is 1. The molecule has 1 aromatic carbocycles. The Balaban J connectivity index is 3.42. The smallest absolute Gasteiger partial charge is 0.311 e. The fourth-order valence-corrected chi connectivity index (χ4v) is 2.30. The molecule has 0 spiro atoms. The number of rotatable bonds is 4. The van der Waals surface area contributed by atoms with Crippen molar-refractivity contribution in [1.82, 2.24) is 0 Å². The summed E-state index contributed by atoms with van der Waals surface area (Å²) >= 11 is 5.71. The lowest BCUT2D eigenvalue weighted by atomic mass is 10.2. The second kappa shape index (κ2) is 4.85. The third-order valence-electron chi connectivity index (χ3n) is 1.79. The normalized spacial score (nSPS) is 11.1. The van der Waals surface area contributed by atoms with E-state index >= 15 is 0 Å². The Morgan fingerprint density at radius 3 is 2.41 bits per heavy atom. The Kier molecular flexibility index (Phi) is 3.89. The highest BCUT2D eigenvalue weighted by atomic mass is 35.5. The topological polar surface area (TPSA) is 69.4 Å². The zero-order valence-corrected chi connectivity index (χ0v) is 11.4. The molecule has 1 aromatic rings. The van der Waals surface area contributed by atoms with Crippen molar-refractivity contribution in [3.8, 4) is 5.75 Å². The number of hydrogen-bond donors (Lipinski definition) is 0. The van der Waals surface area contributed by atoms with E-state index in [0.29, 0.717) is 6.29 Å². The zero-order valence-electron chi connectivity index (χ0n) is 9.69. The van der Waals surface area contributed by atoms with Crippen LogP contribution in [0.5, 0.6) is 5.75 Å². The second-order valence-corrected chi connectivity index (χ2v) is 9.30. The highest BCUT2D eigenvalue weighted by Gasteiger charge is 2.26. The van der Waals surface area contributed by atoms with Crippen LogP contribution in [0.25, 0.3) is 0 Å². The molecular formula is C10H12ClNO4Si. The number of carbonyl (C=O) groups excluding carboxylic acids is 1. The van der Waals surface area contributed by atoms with Crippen molar-refractivity contribution in [3.05, 3.63) is 32.8 Å². The van der Waals surface area contributed by atoms with Crippen molar-refractivity contribution >= 4 is 31.9 Å². The molecule has 7 heteroatoms. The van der Waals surface area contributed by atoms with Crippen molar-refractivity contribution < 1.29 is 14.1 Å². The van der Waals surface area contributed by atoms with Gasteiger partial charge >= 0.3 is 5.69 Å². The molecule has 0 bridgehead atoms. The summed E-state index contributed by atoms with van der Waals surface area (Å²) in [7, 11) is -2.05. The van der Waals surface area contributed by atoms with Gasteiger partial charge in [-0.3, -0.25) is 14.9 Å². The van der Waals surface area contributed by atoms with Gasteiger partial charge in [-0.1, -0.05) is 11.6 Å². The van der Waals surface area contributed by atoms with Crippen molar-refractivity contribution in [2.24, 2.45) is 0 Å². The van der Waals surface area contributed by atoms with Crippen molar-refractivity contribution in [2.45, 2.75) is 19.6 Å². The zero-order chi connectivity index (χ0) is 13.2. The van der Waals surface area contributed by atoms with Gasteiger partial charge < -0.3 is 4.43 Å². The van der Waals surface area contributed by atoms with Crippen LogP contribution in [0.2, 0.25) is 24.7 Å². The quantitative estimate of drug-likeness (QED) is 0.365. The van der Waals surface area contributed by atoms with Crippen molar-refractivity contribution in [2.75, 3.05) is 0 Å². The average molecular weight is 274 g/mol. The van der Waals surface area contributed by atoms with Gasteiger partial charge in [-0.05, 0) is 25.7 Å². The summed E-state index contributed by atoms with van der Waals surface area (Å²) in [5.41, 5.74) is -0.173. The van der Waals surface area contributed by atoms with Gasteiger partial charge in [0.15, 0.2) is 12.0 Å². The van der Waals surface area contributed by atoms with Crippen LogP contribution in [0.3, 0.4) is 0 Å². The second-order valence-electron chi connectivity index (χ2n) is 4.43. The summed E-state index contributed by atoms with van der Waals surface area (Å²) in [5, 5.41) is 11.0. The van der Waals surface area contributed by atoms with E-state index in [1.165, 1.54) is 12.1 Å². The lowest BCUT2D eigenvalue weighted by Gasteiger charge is -2.20. The van der Waals surface area contributed by atoms with E-state index in [0.717, 1.165) is 0 Å². The summed E-state index contributed by atoms with van der Waals surface area (Å²) < 4.78 is 5.58. The summed E-state index contributed by atoms with van der Waals surface area (Å²) in [4.78, 5) is 21.2. The van der Waals surface area contributed by atoms with Gasteiger partial charge in [0.1, 0.15) is 0 Å². The van der Waals surface area contributed by atoms with Crippen LogP contribution in [0, 0.1) is 10.1 Å². The van der Waals surface area contributed by atoms with Crippen molar-refractivity contribution in [1.29, 1.82) is 0 Å². The van der Waals surface area contributed by atoms with E-state index in [4.69, 9.17) is 16.0 Å². The van der Waals surface area contributed by atoms with E-state index in [9.17, 15) is 14.9 Å². The number of nitro groups is 1. The van der Waals surface area contributed by atoms with Crippen LogP contribution in [-0.2, 0) is 0 Å². The first-order valence-electron chi connectivity index (χ1n) is 4.87. The lowest BCUT2D eigenvalue weighted by molar-refractivity contribution is -0.385. The maximum Gasteiger partial charge on any atom is 0.311 e. The summed E-state index contributed by atoms with van der Waals surface area (Å²) in [6.07, 6.45) is 0.508. The Morgan fingerprint density at radius 2 is 2.00 bits per heavy atom. The maximum atomic E-state index is 10.9. The molecule has 0 aromatic heterocycles. The number of nitro benzene ring substituents is 1. The molecule has 0 atom stereocenters. The number of hydrogen-bond acceptors (Lipinski definition) is 4. The van der Waals surface area contributed by atoms with Gasteiger partial charge in [0.05, 0.1) is 10.5 Å². The number of nitrogens with zero attached hydrogens (tertiary/aromatic N) is 1. The largest absolute Gasteiger partial charge is 0.539 e. The van der Waals surface area contributed by atoms with Gasteiger partial charge in [-0.25, -0.2) is 0 Å². The van der Waals surface area contributed by atoms with Crippen LogP contribution in [0.4, 0.5) is 5.69 Å². The standard InChI is InChI=1S/C10H12ClNO4Si/c1-17(2,3)16-10-7(6-13)4-8(11)5-9(10)12(14)15/h4-6H,1-3H3. The Bertz CT molecular complexity index is 470. The SMILES string of the molecule is C[Si](C)(C)Oc1c(C=O)cc(Cl)cc1[N+](=O)[O-]. The van der Waals surface area contributed by atoms with Crippen LogP contribution in [0.15, 0.2) is 12.1 Å². The number of halogens is 1.